The number of nitrogens with zero attached hydrogens (tertiary/aromatic N) is 1. The summed E-state index contributed by atoms with van der Waals surface area (Å²) >= 11 is 0. The van der Waals surface area contributed by atoms with Crippen LogP contribution in [-0.2, 0) is 10.8 Å². The molecule has 2 heteroatoms. The highest BCUT2D eigenvalue weighted by Gasteiger charge is 2.38. The SMILES string of the molecule is CC1(C)c2ccccc2-c2cc(N(c3ccc4c(c3)C(C)(C)c3cc(C5CCCCC5)ccc3-4)c3cc4ccccc4cc3-c3ccc4c(c3)oc3ccccc34)ccc21. The molecule has 9 aromatic rings. The van der Waals surface area contributed by atoms with Crippen molar-refractivity contribution < 1.29 is 4.42 Å². The van der Waals surface area contributed by atoms with E-state index in [9.17, 15) is 0 Å². The fraction of sp³-hybridized carbons (Fsp3) is 0.207. The Morgan fingerprint density at radius 3 is 1.93 bits per heavy atom. The lowest BCUT2D eigenvalue weighted by Gasteiger charge is -2.31. The molecule has 8 aromatic carbocycles. The molecule has 0 spiro atoms. The monoisotopic (exact) mass is 775 g/mol. The maximum absolute atomic E-state index is 6.51. The van der Waals surface area contributed by atoms with Gasteiger partial charge in [0.2, 0.25) is 0 Å². The molecule has 0 bridgehead atoms. The Bertz CT molecular complexity index is 3210. The molecule has 60 heavy (non-hydrogen) atoms. The van der Waals surface area contributed by atoms with Gasteiger partial charge in [0, 0.05) is 38.5 Å². The summed E-state index contributed by atoms with van der Waals surface area (Å²) in [6.45, 7) is 9.61. The van der Waals surface area contributed by atoms with Crippen LogP contribution < -0.4 is 4.90 Å². The van der Waals surface area contributed by atoms with Crippen LogP contribution in [0.4, 0.5) is 17.1 Å². The van der Waals surface area contributed by atoms with Gasteiger partial charge in [-0.1, -0.05) is 150 Å². The Morgan fingerprint density at radius 1 is 0.450 bits per heavy atom. The highest BCUT2D eigenvalue weighted by Crippen LogP contribution is 2.55. The van der Waals surface area contributed by atoms with Crippen LogP contribution in [-0.4, -0.2) is 0 Å². The molecular formula is C58H49NO. The van der Waals surface area contributed by atoms with E-state index in [4.69, 9.17) is 4.42 Å². The molecule has 12 rings (SSSR count). The number of benzene rings is 8. The zero-order chi connectivity index (χ0) is 40.3. The molecule has 2 nitrogen and oxygen atoms in total. The van der Waals surface area contributed by atoms with Crippen LogP contribution >= 0.6 is 0 Å². The fourth-order valence-electron chi connectivity index (χ4n) is 11.4. The van der Waals surface area contributed by atoms with Gasteiger partial charge in [0.25, 0.3) is 0 Å². The second-order valence-corrected chi connectivity index (χ2v) is 18.8. The number of hydrogen-bond acceptors (Lipinski definition) is 2. The molecule has 1 saturated carbocycles. The van der Waals surface area contributed by atoms with Gasteiger partial charge in [-0.15, -0.1) is 0 Å². The fourth-order valence-corrected chi connectivity index (χ4v) is 11.4. The second-order valence-electron chi connectivity index (χ2n) is 18.8. The van der Waals surface area contributed by atoms with Gasteiger partial charge in [-0.25, -0.2) is 0 Å². The first-order valence-electron chi connectivity index (χ1n) is 22.0. The van der Waals surface area contributed by atoms with Gasteiger partial charge in [0.1, 0.15) is 11.2 Å². The second kappa shape index (κ2) is 13.1. The van der Waals surface area contributed by atoms with E-state index >= 15 is 0 Å². The molecule has 0 N–H and O–H groups in total. The van der Waals surface area contributed by atoms with Crippen molar-refractivity contribution in [2.45, 2.75) is 76.5 Å². The van der Waals surface area contributed by atoms with E-state index in [2.05, 4.69) is 184 Å². The van der Waals surface area contributed by atoms with Crippen molar-refractivity contribution in [1.29, 1.82) is 0 Å². The Hall–Kier alpha value is -6.38. The van der Waals surface area contributed by atoms with Crippen molar-refractivity contribution in [1.82, 2.24) is 0 Å². The summed E-state index contributed by atoms with van der Waals surface area (Å²) in [4.78, 5) is 2.53. The number of furan rings is 1. The molecule has 3 aliphatic rings. The Kier molecular flexibility index (Phi) is 7.74. The molecule has 0 radical (unpaired) electrons. The molecule has 0 amide bonds. The first-order valence-corrected chi connectivity index (χ1v) is 22.0. The largest absolute Gasteiger partial charge is 0.456 e. The van der Waals surface area contributed by atoms with Gasteiger partial charge in [0.15, 0.2) is 0 Å². The molecular weight excluding hydrogens is 727 g/mol. The van der Waals surface area contributed by atoms with Gasteiger partial charge in [-0.2, -0.15) is 0 Å². The third-order valence-electron chi connectivity index (χ3n) is 14.6. The Labute approximate surface area is 353 Å². The van der Waals surface area contributed by atoms with Crippen molar-refractivity contribution in [2.75, 3.05) is 4.90 Å². The zero-order valence-electron chi connectivity index (χ0n) is 35.0. The number of hydrogen-bond donors (Lipinski definition) is 0. The lowest BCUT2D eigenvalue weighted by atomic mass is 9.79. The average molecular weight is 776 g/mol. The number of para-hydroxylation sites is 1. The van der Waals surface area contributed by atoms with Crippen LogP contribution in [0.5, 0.6) is 0 Å². The van der Waals surface area contributed by atoms with Crippen LogP contribution in [0.1, 0.15) is 93.5 Å². The highest BCUT2D eigenvalue weighted by atomic mass is 16.3. The minimum atomic E-state index is -0.142. The van der Waals surface area contributed by atoms with E-state index in [0.29, 0.717) is 5.92 Å². The molecule has 1 aromatic heterocycles. The summed E-state index contributed by atoms with van der Waals surface area (Å²) in [5.74, 6) is 0.676. The van der Waals surface area contributed by atoms with Crippen molar-refractivity contribution in [3.63, 3.8) is 0 Å². The van der Waals surface area contributed by atoms with E-state index in [0.717, 1.165) is 50.1 Å². The van der Waals surface area contributed by atoms with Gasteiger partial charge < -0.3 is 9.32 Å². The summed E-state index contributed by atoms with van der Waals surface area (Å²) < 4.78 is 6.51. The summed E-state index contributed by atoms with van der Waals surface area (Å²) in [5, 5.41) is 4.71. The Morgan fingerprint density at radius 2 is 1.08 bits per heavy atom. The van der Waals surface area contributed by atoms with Gasteiger partial charge in [-0.05, 0) is 140 Å². The van der Waals surface area contributed by atoms with Crippen molar-refractivity contribution >= 4 is 49.8 Å². The van der Waals surface area contributed by atoms with E-state index < -0.39 is 0 Å². The van der Waals surface area contributed by atoms with Crippen molar-refractivity contribution in [2.24, 2.45) is 0 Å². The van der Waals surface area contributed by atoms with Crippen LogP contribution in [0.15, 0.2) is 162 Å². The summed E-state index contributed by atoms with van der Waals surface area (Å²) in [5.41, 5.74) is 19.9. The molecule has 0 saturated heterocycles. The molecule has 0 atom stereocenters. The topological polar surface area (TPSA) is 16.4 Å². The number of fused-ring (bicyclic) bond motifs is 10. The summed E-state index contributed by atoms with van der Waals surface area (Å²) in [6, 6.07) is 59.6. The highest BCUT2D eigenvalue weighted by molar-refractivity contribution is 6.07. The van der Waals surface area contributed by atoms with E-state index in [1.807, 2.05) is 6.07 Å². The van der Waals surface area contributed by atoms with Gasteiger partial charge >= 0.3 is 0 Å². The summed E-state index contributed by atoms with van der Waals surface area (Å²) in [6.07, 6.45) is 6.69. The van der Waals surface area contributed by atoms with Crippen LogP contribution in [0.25, 0.3) is 66.1 Å². The first-order chi connectivity index (χ1) is 29.2. The van der Waals surface area contributed by atoms with E-state index in [1.165, 1.54) is 92.9 Å². The minimum Gasteiger partial charge on any atom is -0.456 e. The lowest BCUT2D eigenvalue weighted by molar-refractivity contribution is 0.443. The normalized spacial score (nSPS) is 16.2. The van der Waals surface area contributed by atoms with Crippen LogP contribution in [0.3, 0.4) is 0 Å². The number of rotatable bonds is 5. The van der Waals surface area contributed by atoms with E-state index in [-0.39, 0.29) is 10.8 Å². The average Bonchev–Trinajstić information content (AvgIpc) is 3.85. The van der Waals surface area contributed by atoms with Crippen LogP contribution in [0, 0.1) is 0 Å². The summed E-state index contributed by atoms with van der Waals surface area (Å²) in [7, 11) is 0. The molecule has 0 aliphatic heterocycles. The minimum absolute atomic E-state index is 0.0781. The quantitative estimate of drug-likeness (QED) is 0.173. The third kappa shape index (κ3) is 5.26. The zero-order valence-corrected chi connectivity index (χ0v) is 35.0. The predicted octanol–water partition coefficient (Wildman–Crippen LogP) is 16.5. The van der Waals surface area contributed by atoms with Gasteiger partial charge in [-0.3, -0.25) is 0 Å². The van der Waals surface area contributed by atoms with Crippen molar-refractivity contribution in [3.05, 3.63) is 186 Å². The molecule has 1 heterocycles. The standard InChI is InChI=1S/C58H49NO/c1-57(2)50-20-12-10-18-43(50)49-34-41(25-29-51(49)57)59(42-24-28-45-44-26-22-39(36-14-6-5-7-15-36)31-52(44)58(3,4)53(45)35-42)54-32-38-17-9-8-16-37(38)30-48(54)40-23-27-47-46-19-11-13-21-55(46)60-56(47)33-40/h8-13,16-36H,5-7,14-15H2,1-4H3. The molecule has 1 fully saturated rings. The van der Waals surface area contributed by atoms with E-state index in [1.54, 1.807) is 0 Å². The molecule has 3 aliphatic carbocycles. The lowest BCUT2D eigenvalue weighted by Crippen LogP contribution is -2.18. The van der Waals surface area contributed by atoms with Gasteiger partial charge in [0.05, 0.1) is 5.69 Å². The smallest absolute Gasteiger partial charge is 0.136 e. The third-order valence-corrected chi connectivity index (χ3v) is 14.6. The van der Waals surface area contributed by atoms with Crippen LogP contribution in [0.2, 0.25) is 0 Å². The predicted molar refractivity (Wildman–Crippen MR) is 252 cm³/mol. The Balaban J connectivity index is 1.08. The molecule has 0 unspecified atom stereocenters. The number of anilines is 3. The maximum atomic E-state index is 6.51. The maximum Gasteiger partial charge on any atom is 0.136 e. The molecule has 292 valence electrons. The van der Waals surface area contributed by atoms with Crippen molar-refractivity contribution in [3.8, 4) is 33.4 Å². The first kappa shape index (κ1) is 35.6.